The molecule has 7 heteroatoms. The molecule has 2 aromatic rings. The van der Waals surface area contributed by atoms with Crippen molar-refractivity contribution < 1.29 is 14.3 Å². The predicted molar refractivity (Wildman–Crippen MR) is 138 cm³/mol. The van der Waals surface area contributed by atoms with Crippen molar-refractivity contribution in [2.75, 3.05) is 26.7 Å². The highest BCUT2D eigenvalue weighted by molar-refractivity contribution is 7.10. The zero-order chi connectivity index (χ0) is 24.1. The summed E-state index contributed by atoms with van der Waals surface area (Å²) in [6.07, 6.45) is 13.6. The smallest absolute Gasteiger partial charge is 0.247 e. The average molecular weight is 504 g/mol. The van der Waals surface area contributed by atoms with Crippen molar-refractivity contribution in [1.82, 2.24) is 14.8 Å². The van der Waals surface area contributed by atoms with Gasteiger partial charge in [0.15, 0.2) is 11.5 Å². The Balaban J connectivity index is 1.25. The van der Waals surface area contributed by atoms with E-state index in [1.807, 2.05) is 11.5 Å². The monoisotopic (exact) mass is 503 g/mol. The minimum absolute atomic E-state index is 0.00175. The minimum Gasteiger partial charge on any atom is -0.493 e. The highest BCUT2D eigenvalue weighted by Crippen LogP contribution is 2.71. The van der Waals surface area contributed by atoms with Gasteiger partial charge in [0, 0.05) is 53.2 Å². The number of amides is 1. The van der Waals surface area contributed by atoms with Crippen molar-refractivity contribution in [3.63, 3.8) is 0 Å². The molecule has 0 unspecified atom stereocenters. The van der Waals surface area contributed by atoms with E-state index in [9.17, 15) is 4.79 Å². The lowest BCUT2D eigenvalue weighted by atomic mass is 9.42. The second-order valence-electron chi connectivity index (χ2n) is 11.8. The van der Waals surface area contributed by atoms with Gasteiger partial charge in [-0.2, -0.15) is 0 Å². The van der Waals surface area contributed by atoms with Gasteiger partial charge in [-0.15, -0.1) is 11.3 Å². The van der Waals surface area contributed by atoms with Gasteiger partial charge in [-0.1, -0.05) is 6.07 Å². The second kappa shape index (κ2) is 7.57. The Morgan fingerprint density at radius 2 is 2.17 bits per heavy atom. The summed E-state index contributed by atoms with van der Waals surface area (Å²) in [5, 5.41) is 2.82. The molecule has 36 heavy (non-hydrogen) atoms. The van der Waals surface area contributed by atoms with Crippen molar-refractivity contribution in [1.29, 1.82) is 0 Å². The molecule has 2 spiro atoms. The van der Waals surface area contributed by atoms with Crippen LogP contribution in [0.3, 0.4) is 0 Å². The Labute approximate surface area is 216 Å². The Morgan fingerprint density at radius 1 is 1.25 bits per heavy atom. The molecule has 3 saturated heterocycles. The lowest BCUT2D eigenvalue weighted by Crippen LogP contribution is -2.72. The quantitative estimate of drug-likeness (QED) is 0.570. The van der Waals surface area contributed by atoms with Gasteiger partial charge in [0.1, 0.15) is 11.1 Å². The van der Waals surface area contributed by atoms with Crippen molar-refractivity contribution in [2.24, 2.45) is 11.3 Å². The van der Waals surface area contributed by atoms with Crippen LogP contribution in [0.2, 0.25) is 0 Å². The molecular weight excluding hydrogens is 470 g/mol. The van der Waals surface area contributed by atoms with Crippen LogP contribution in [0.15, 0.2) is 29.8 Å². The van der Waals surface area contributed by atoms with Gasteiger partial charge in [-0.25, -0.2) is 4.98 Å². The van der Waals surface area contributed by atoms with Crippen LogP contribution in [0, 0.1) is 11.3 Å². The van der Waals surface area contributed by atoms with Gasteiger partial charge in [-0.05, 0) is 75.1 Å². The van der Waals surface area contributed by atoms with Crippen LogP contribution in [0.4, 0.5) is 0 Å². The van der Waals surface area contributed by atoms with E-state index in [-0.39, 0.29) is 28.9 Å². The number of aromatic nitrogens is 1. The Hall–Kier alpha value is -2.38. The number of likely N-dealkylation sites (tertiary alicyclic amines) is 1. The normalized spacial score (nSPS) is 36.0. The first kappa shape index (κ1) is 21.7. The molecule has 4 aliphatic heterocycles. The van der Waals surface area contributed by atoms with Gasteiger partial charge in [0.05, 0.1) is 13.2 Å². The summed E-state index contributed by atoms with van der Waals surface area (Å²) in [6.45, 7) is 3.20. The van der Waals surface area contributed by atoms with E-state index < -0.39 is 0 Å². The zero-order valence-corrected chi connectivity index (χ0v) is 21.6. The van der Waals surface area contributed by atoms with Gasteiger partial charge in [-0.3, -0.25) is 9.69 Å². The number of hydrogen-bond acceptors (Lipinski definition) is 6. The summed E-state index contributed by atoms with van der Waals surface area (Å²) in [6, 6.07) is 5.04. The lowest BCUT2D eigenvalue weighted by molar-refractivity contribution is -0.140. The number of fused-ring (bicyclic) bond motifs is 3. The molecule has 4 bridgehead atoms. The fourth-order valence-corrected chi connectivity index (χ4v) is 9.50. The van der Waals surface area contributed by atoms with Crippen molar-refractivity contribution in [3.8, 4) is 11.5 Å². The topological polar surface area (TPSA) is 54.9 Å². The molecule has 5 fully saturated rings. The summed E-state index contributed by atoms with van der Waals surface area (Å²) in [5.41, 5.74) is 3.02. The zero-order valence-electron chi connectivity index (χ0n) is 20.8. The maximum atomic E-state index is 13.7. The third-order valence-corrected chi connectivity index (χ3v) is 11.2. The van der Waals surface area contributed by atoms with E-state index in [1.165, 1.54) is 36.9 Å². The molecule has 7 aliphatic rings. The number of carbonyl (C=O) groups is 1. The third kappa shape index (κ3) is 2.71. The first-order valence-corrected chi connectivity index (χ1v) is 14.5. The second-order valence-corrected chi connectivity index (χ2v) is 12.7. The summed E-state index contributed by atoms with van der Waals surface area (Å²) in [5.74, 6) is 2.80. The molecule has 0 N–H and O–H groups in total. The summed E-state index contributed by atoms with van der Waals surface area (Å²) in [4.78, 5) is 23.0. The molecule has 0 radical (unpaired) electrons. The van der Waals surface area contributed by atoms with Crippen LogP contribution in [0.1, 0.15) is 54.7 Å². The fourth-order valence-electron chi connectivity index (χ4n) is 8.97. The molecule has 5 heterocycles. The van der Waals surface area contributed by atoms with Crippen LogP contribution in [-0.2, 0) is 16.6 Å². The van der Waals surface area contributed by atoms with E-state index >= 15 is 0 Å². The molecule has 5 atom stereocenters. The first-order valence-electron chi connectivity index (χ1n) is 13.6. The van der Waals surface area contributed by atoms with E-state index in [1.54, 1.807) is 30.7 Å². The standard InChI is InChI=1S/C29H33N3O3S/c1-34-21-5-4-19-16-22-28-9-8-20(32(14-10-28)24(33)7-6-23-30-12-15-36-23)27-29(28,25(19)26(21)35-27)11-13-31(22)17-18-2-3-18/h4-7,12,15,18,20,22,27H,2-3,8-11,13-14,16-17H2,1H3/b7-6+/t20-,22-,27+,28-,29+/m1/s1. The average Bonchev–Trinajstić information content (AvgIpc) is 3.51. The van der Waals surface area contributed by atoms with Crippen molar-refractivity contribution in [3.05, 3.63) is 45.9 Å². The van der Waals surface area contributed by atoms with Crippen LogP contribution >= 0.6 is 11.3 Å². The number of methoxy groups -OCH3 is 1. The lowest BCUT2D eigenvalue weighted by Gasteiger charge is -2.66. The summed E-state index contributed by atoms with van der Waals surface area (Å²) >= 11 is 1.56. The first-order chi connectivity index (χ1) is 17.6. The molecule has 3 aliphatic carbocycles. The molecule has 1 amide bonds. The van der Waals surface area contributed by atoms with Gasteiger partial charge in [0.25, 0.3) is 0 Å². The van der Waals surface area contributed by atoms with E-state index in [0.29, 0.717) is 6.04 Å². The van der Waals surface area contributed by atoms with Crippen LogP contribution in [-0.4, -0.2) is 65.6 Å². The number of ether oxygens (including phenoxy) is 2. The van der Waals surface area contributed by atoms with Gasteiger partial charge < -0.3 is 14.4 Å². The third-order valence-electron chi connectivity index (χ3n) is 10.5. The maximum Gasteiger partial charge on any atom is 0.247 e. The predicted octanol–water partition coefficient (Wildman–Crippen LogP) is 4.29. The Morgan fingerprint density at radius 3 is 2.97 bits per heavy atom. The highest BCUT2D eigenvalue weighted by atomic mass is 32.1. The maximum absolute atomic E-state index is 13.7. The van der Waals surface area contributed by atoms with Gasteiger partial charge >= 0.3 is 0 Å². The van der Waals surface area contributed by atoms with Crippen LogP contribution < -0.4 is 9.47 Å². The number of hydrogen-bond donors (Lipinski definition) is 0. The molecule has 1 aromatic heterocycles. The fraction of sp³-hybridized carbons (Fsp3) is 0.586. The number of carbonyl (C=O) groups excluding carboxylic acids is 1. The van der Waals surface area contributed by atoms with Crippen molar-refractivity contribution >= 4 is 23.3 Å². The van der Waals surface area contributed by atoms with Crippen LogP contribution in [0.5, 0.6) is 11.5 Å². The van der Waals surface area contributed by atoms with E-state index in [0.717, 1.165) is 61.2 Å². The summed E-state index contributed by atoms with van der Waals surface area (Å²) in [7, 11) is 1.75. The molecule has 9 rings (SSSR count). The molecular formula is C29H33N3O3S. The highest BCUT2D eigenvalue weighted by Gasteiger charge is 2.74. The molecule has 6 nitrogen and oxygen atoms in total. The number of thiazole rings is 1. The molecule has 2 saturated carbocycles. The summed E-state index contributed by atoms with van der Waals surface area (Å²) < 4.78 is 12.8. The number of piperidine rings is 1. The van der Waals surface area contributed by atoms with Gasteiger partial charge in [0.2, 0.25) is 5.91 Å². The number of benzene rings is 1. The molecule has 1 aromatic carbocycles. The minimum atomic E-state index is -0.0217. The van der Waals surface area contributed by atoms with Crippen molar-refractivity contribution in [2.45, 2.75) is 68.5 Å². The number of nitrogens with zero attached hydrogens (tertiary/aromatic N) is 3. The van der Waals surface area contributed by atoms with E-state index in [2.05, 4.69) is 26.9 Å². The number of rotatable bonds is 5. The van der Waals surface area contributed by atoms with E-state index in [4.69, 9.17) is 9.47 Å². The SMILES string of the molecule is COc1ccc2c3c1O[C@H]1[C@H]4CC[C@@]5(CCN4C(=O)/C=C/c4nccs4)[C@@H](C2)N(CC2CC2)CC[C@]315. The largest absolute Gasteiger partial charge is 0.493 e. The Kier molecular flexibility index (Phi) is 4.56. The van der Waals surface area contributed by atoms with Crippen LogP contribution in [0.25, 0.3) is 6.08 Å². The Bertz CT molecular complexity index is 1260. The molecule has 188 valence electrons.